The molecule has 0 saturated heterocycles. The third-order valence-corrected chi connectivity index (χ3v) is 2.81. The summed E-state index contributed by atoms with van der Waals surface area (Å²) in [5.74, 6) is 0.856. The van der Waals surface area contributed by atoms with Crippen LogP contribution in [0.1, 0.15) is 18.5 Å². The molecule has 0 aliphatic heterocycles. The highest BCUT2D eigenvalue weighted by Gasteiger charge is 2.10. The van der Waals surface area contributed by atoms with Gasteiger partial charge in [-0.1, -0.05) is 12.1 Å². The Kier molecular flexibility index (Phi) is 5.97. The lowest BCUT2D eigenvalue weighted by molar-refractivity contribution is 0.114. The maximum Gasteiger partial charge on any atom is 0.118 e. The molecule has 0 aliphatic rings. The van der Waals surface area contributed by atoms with E-state index < -0.39 is 0 Å². The first-order valence-corrected chi connectivity index (χ1v) is 5.81. The van der Waals surface area contributed by atoms with E-state index in [9.17, 15) is 0 Å². The van der Waals surface area contributed by atoms with Gasteiger partial charge in [0, 0.05) is 26.2 Å². The highest BCUT2D eigenvalue weighted by atomic mass is 16.5. The van der Waals surface area contributed by atoms with Crippen LogP contribution >= 0.6 is 0 Å². The summed E-state index contributed by atoms with van der Waals surface area (Å²) < 4.78 is 10.3. The fourth-order valence-electron chi connectivity index (χ4n) is 1.57. The minimum absolute atomic E-state index is 0.151. The summed E-state index contributed by atoms with van der Waals surface area (Å²) in [5.41, 5.74) is 6.93. The van der Waals surface area contributed by atoms with Crippen LogP contribution in [0.25, 0.3) is 0 Å². The SMILES string of the molecule is COc1ccc(C(CN)NCC(C)OC)cc1. The summed E-state index contributed by atoms with van der Waals surface area (Å²) >= 11 is 0. The monoisotopic (exact) mass is 238 g/mol. The number of ether oxygens (including phenoxy) is 2. The highest BCUT2D eigenvalue weighted by Crippen LogP contribution is 2.16. The van der Waals surface area contributed by atoms with Crippen LogP contribution in [0.5, 0.6) is 5.75 Å². The topological polar surface area (TPSA) is 56.5 Å². The van der Waals surface area contributed by atoms with Gasteiger partial charge in [0.25, 0.3) is 0 Å². The molecule has 1 aromatic rings. The Hall–Kier alpha value is -1.10. The van der Waals surface area contributed by atoms with Gasteiger partial charge in [0.05, 0.1) is 13.2 Å². The molecule has 2 atom stereocenters. The average molecular weight is 238 g/mol. The van der Waals surface area contributed by atoms with Gasteiger partial charge in [-0.25, -0.2) is 0 Å². The number of rotatable bonds is 7. The van der Waals surface area contributed by atoms with Crippen LogP contribution in [0.3, 0.4) is 0 Å². The van der Waals surface area contributed by atoms with Crippen molar-refractivity contribution in [3.8, 4) is 5.75 Å². The zero-order valence-corrected chi connectivity index (χ0v) is 10.8. The normalized spacial score (nSPS) is 14.4. The molecule has 0 fully saturated rings. The van der Waals surface area contributed by atoms with Crippen molar-refractivity contribution in [2.75, 3.05) is 27.3 Å². The van der Waals surface area contributed by atoms with Gasteiger partial charge in [-0.3, -0.25) is 0 Å². The second kappa shape index (κ2) is 7.27. The summed E-state index contributed by atoms with van der Waals surface area (Å²) in [5, 5.41) is 3.38. The number of hydrogen-bond donors (Lipinski definition) is 2. The molecule has 96 valence electrons. The van der Waals surface area contributed by atoms with Crippen LogP contribution in [-0.2, 0) is 4.74 Å². The third-order valence-electron chi connectivity index (χ3n) is 2.81. The molecule has 17 heavy (non-hydrogen) atoms. The zero-order valence-electron chi connectivity index (χ0n) is 10.8. The number of nitrogens with two attached hydrogens (primary N) is 1. The van der Waals surface area contributed by atoms with Crippen LogP contribution in [0.4, 0.5) is 0 Å². The van der Waals surface area contributed by atoms with E-state index in [0.717, 1.165) is 17.9 Å². The van der Waals surface area contributed by atoms with Crippen molar-refractivity contribution in [2.24, 2.45) is 5.73 Å². The van der Waals surface area contributed by atoms with Gasteiger partial charge in [0.15, 0.2) is 0 Å². The molecule has 0 amide bonds. The maximum atomic E-state index is 5.77. The first-order chi connectivity index (χ1) is 8.21. The molecule has 1 aromatic carbocycles. The molecule has 0 saturated carbocycles. The molecular weight excluding hydrogens is 216 g/mol. The van der Waals surface area contributed by atoms with E-state index >= 15 is 0 Å². The average Bonchev–Trinajstić information content (AvgIpc) is 2.39. The van der Waals surface area contributed by atoms with E-state index in [-0.39, 0.29) is 12.1 Å². The van der Waals surface area contributed by atoms with Gasteiger partial charge in [0.2, 0.25) is 0 Å². The van der Waals surface area contributed by atoms with Gasteiger partial charge in [-0.2, -0.15) is 0 Å². The lowest BCUT2D eigenvalue weighted by Crippen LogP contribution is -2.33. The fourth-order valence-corrected chi connectivity index (χ4v) is 1.57. The van der Waals surface area contributed by atoms with E-state index in [4.69, 9.17) is 15.2 Å². The Morgan fingerprint density at radius 1 is 1.24 bits per heavy atom. The van der Waals surface area contributed by atoms with E-state index in [0.29, 0.717) is 6.54 Å². The summed E-state index contributed by atoms with van der Waals surface area (Å²) in [6.45, 7) is 3.36. The first kappa shape index (κ1) is 14.0. The number of hydrogen-bond acceptors (Lipinski definition) is 4. The van der Waals surface area contributed by atoms with Crippen molar-refractivity contribution in [2.45, 2.75) is 19.1 Å². The Morgan fingerprint density at radius 3 is 2.35 bits per heavy atom. The van der Waals surface area contributed by atoms with Crippen LogP contribution < -0.4 is 15.8 Å². The molecule has 0 aliphatic carbocycles. The molecule has 0 bridgehead atoms. The molecular formula is C13H22N2O2. The standard InChI is InChI=1S/C13H22N2O2/c1-10(16-2)9-15-13(8-14)11-4-6-12(17-3)7-5-11/h4-7,10,13,15H,8-9,14H2,1-3H3. The maximum absolute atomic E-state index is 5.77. The Balaban J connectivity index is 2.59. The molecule has 0 radical (unpaired) electrons. The van der Waals surface area contributed by atoms with Crippen molar-refractivity contribution in [1.82, 2.24) is 5.32 Å². The molecule has 0 spiro atoms. The van der Waals surface area contributed by atoms with E-state index in [1.165, 1.54) is 0 Å². The lowest BCUT2D eigenvalue weighted by Gasteiger charge is -2.19. The molecule has 1 rings (SSSR count). The quantitative estimate of drug-likeness (QED) is 0.752. The molecule has 0 aromatic heterocycles. The van der Waals surface area contributed by atoms with Crippen LogP contribution in [-0.4, -0.2) is 33.4 Å². The largest absolute Gasteiger partial charge is 0.497 e. The van der Waals surface area contributed by atoms with Gasteiger partial charge < -0.3 is 20.5 Å². The third kappa shape index (κ3) is 4.34. The van der Waals surface area contributed by atoms with Gasteiger partial charge in [-0.15, -0.1) is 0 Å². The zero-order chi connectivity index (χ0) is 12.7. The summed E-state index contributed by atoms with van der Waals surface area (Å²) in [6.07, 6.45) is 0.183. The lowest BCUT2D eigenvalue weighted by atomic mass is 10.1. The van der Waals surface area contributed by atoms with Crippen LogP contribution in [0.15, 0.2) is 24.3 Å². The van der Waals surface area contributed by atoms with Gasteiger partial charge in [-0.05, 0) is 24.6 Å². The van der Waals surface area contributed by atoms with E-state index in [2.05, 4.69) is 5.32 Å². The molecule has 4 nitrogen and oxygen atoms in total. The van der Waals surface area contributed by atoms with Gasteiger partial charge in [0.1, 0.15) is 5.75 Å². The van der Waals surface area contributed by atoms with Crippen molar-refractivity contribution < 1.29 is 9.47 Å². The second-order valence-corrected chi connectivity index (χ2v) is 4.02. The van der Waals surface area contributed by atoms with Crippen molar-refractivity contribution in [1.29, 1.82) is 0 Å². The molecule has 0 heterocycles. The van der Waals surface area contributed by atoms with Crippen LogP contribution in [0.2, 0.25) is 0 Å². The van der Waals surface area contributed by atoms with Crippen molar-refractivity contribution in [3.63, 3.8) is 0 Å². The van der Waals surface area contributed by atoms with E-state index in [1.807, 2.05) is 31.2 Å². The summed E-state index contributed by atoms with van der Waals surface area (Å²) in [4.78, 5) is 0. The smallest absolute Gasteiger partial charge is 0.118 e. The van der Waals surface area contributed by atoms with Crippen molar-refractivity contribution >= 4 is 0 Å². The predicted molar refractivity (Wildman–Crippen MR) is 69.3 cm³/mol. The Morgan fingerprint density at radius 2 is 1.88 bits per heavy atom. The Labute approximate surface area is 103 Å². The number of methoxy groups -OCH3 is 2. The summed E-state index contributed by atoms with van der Waals surface area (Å²) in [7, 11) is 3.37. The van der Waals surface area contributed by atoms with Crippen LogP contribution in [0, 0.1) is 0 Å². The van der Waals surface area contributed by atoms with E-state index in [1.54, 1.807) is 14.2 Å². The minimum atomic E-state index is 0.151. The fraction of sp³-hybridized carbons (Fsp3) is 0.538. The number of benzene rings is 1. The number of nitrogens with one attached hydrogen (secondary N) is 1. The Bertz CT molecular complexity index is 314. The first-order valence-electron chi connectivity index (χ1n) is 5.81. The second-order valence-electron chi connectivity index (χ2n) is 4.02. The molecule has 2 unspecified atom stereocenters. The highest BCUT2D eigenvalue weighted by molar-refractivity contribution is 5.29. The molecule has 3 N–H and O–H groups in total. The predicted octanol–water partition coefficient (Wildman–Crippen LogP) is 1.32. The molecule has 4 heteroatoms. The summed E-state index contributed by atoms with van der Waals surface area (Å²) in [6, 6.07) is 8.10. The van der Waals surface area contributed by atoms with Gasteiger partial charge >= 0.3 is 0 Å². The minimum Gasteiger partial charge on any atom is -0.497 e. The van der Waals surface area contributed by atoms with Crippen molar-refractivity contribution in [3.05, 3.63) is 29.8 Å².